The monoisotopic (exact) mass is 355 g/mol. The number of para-hydroxylation sites is 1. The molecule has 1 fully saturated rings. The van der Waals surface area contributed by atoms with Crippen molar-refractivity contribution in [1.29, 1.82) is 0 Å². The van der Waals surface area contributed by atoms with Crippen molar-refractivity contribution < 1.29 is 19.3 Å². The SMILES string of the molecule is COc1ccc(C)cc1C[NH+]1CC[NH+](CC(=O)Nc2ccccc2)CC1. The Morgan fingerprint density at radius 3 is 2.42 bits per heavy atom. The van der Waals surface area contributed by atoms with Gasteiger partial charge in [-0.05, 0) is 31.2 Å². The quantitative estimate of drug-likeness (QED) is 0.679. The van der Waals surface area contributed by atoms with Crippen LogP contribution in [-0.2, 0) is 11.3 Å². The predicted octanol–water partition coefficient (Wildman–Crippen LogP) is -0.0743. The first-order valence-electron chi connectivity index (χ1n) is 9.29. The first kappa shape index (κ1) is 18.4. The molecule has 2 aromatic carbocycles. The summed E-state index contributed by atoms with van der Waals surface area (Å²) in [5.41, 5.74) is 3.41. The smallest absolute Gasteiger partial charge is 0.279 e. The summed E-state index contributed by atoms with van der Waals surface area (Å²) in [6, 6.07) is 16.0. The van der Waals surface area contributed by atoms with Crippen LogP contribution in [0.1, 0.15) is 11.1 Å². The highest BCUT2D eigenvalue weighted by molar-refractivity contribution is 5.91. The fraction of sp³-hybridized carbons (Fsp3) is 0.381. The Bertz CT molecular complexity index is 725. The molecule has 5 nitrogen and oxygen atoms in total. The number of amides is 1. The van der Waals surface area contributed by atoms with Gasteiger partial charge in [-0.1, -0.05) is 29.8 Å². The molecule has 2 aromatic rings. The van der Waals surface area contributed by atoms with E-state index in [-0.39, 0.29) is 5.91 Å². The maximum absolute atomic E-state index is 12.2. The number of benzene rings is 2. The second-order valence-corrected chi connectivity index (χ2v) is 7.08. The summed E-state index contributed by atoms with van der Waals surface area (Å²) in [5.74, 6) is 1.06. The molecule has 1 aliphatic rings. The lowest BCUT2D eigenvalue weighted by atomic mass is 10.1. The maximum atomic E-state index is 12.2. The topological polar surface area (TPSA) is 47.2 Å². The summed E-state index contributed by atoms with van der Waals surface area (Å²) in [4.78, 5) is 15.1. The molecule has 0 aliphatic carbocycles. The lowest BCUT2D eigenvalue weighted by molar-refractivity contribution is -1.02. The molecule has 5 heteroatoms. The highest BCUT2D eigenvalue weighted by atomic mass is 16.5. The number of piperazine rings is 1. The van der Waals surface area contributed by atoms with E-state index < -0.39 is 0 Å². The van der Waals surface area contributed by atoms with Crippen molar-refractivity contribution in [1.82, 2.24) is 0 Å². The van der Waals surface area contributed by atoms with Crippen LogP contribution in [-0.4, -0.2) is 45.7 Å². The number of anilines is 1. The molecule has 3 N–H and O–H groups in total. The third-order valence-electron chi connectivity index (χ3n) is 5.01. The normalized spacial score (nSPS) is 19.8. The summed E-state index contributed by atoms with van der Waals surface area (Å²) < 4.78 is 5.50. The van der Waals surface area contributed by atoms with Crippen LogP contribution >= 0.6 is 0 Å². The zero-order valence-corrected chi connectivity index (χ0v) is 15.7. The van der Waals surface area contributed by atoms with Crippen molar-refractivity contribution in [2.45, 2.75) is 13.5 Å². The van der Waals surface area contributed by atoms with Crippen LogP contribution in [0.2, 0.25) is 0 Å². The Morgan fingerprint density at radius 2 is 1.73 bits per heavy atom. The summed E-state index contributed by atoms with van der Waals surface area (Å²) in [6.07, 6.45) is 0. The van der Waals surface area contributed by atoms with Gasteiger partial charge in [-0.15, -0.1) is 0 Å². The van der Waals surface area contributed by atoms with Crippen LogP contribution in [0.5, 0.6) is 5.75 Å². The maximum Gasteiger partial charge on any atom is 0.279 e. The number of nitrogens with one attached hydrogen (secondary N) is 3. The van der Waals surface area contributed by atoms with Crippen molar-refractivity contribution in [3.05, 3.63) is 59.7 Å². The number of quaternary nitrogens is 2. The molecule has 1 aliphatic heterocycles. The van der Waals surface area contributed by atoms with Gasteiger partial charge >= 0.3 is 0 Å². The molecular formula is C21H29N3O2+2. The Hall–Kier alpha value is -2.37. The number of aryl methyl sites for hydroxylation is 1. The van der Waals surface area contributed by atoms with Crippen LogP contribution in [0.4, 0.5) is 5.69 Å². The lowest BCUT2D eigenvalue weighted by Crippen LogP contribution is -3.28. The van der Waals surface area contributed by atoms with Crippen LogP contribution < -0.4 is 19.9 Å². The minimum atomic E-state index is 0.0926. The van der Waals surface area contributed by atoms with Crippen LogP contribution in [0.3, 0.4) is 0 Å². The zero-order chi connectivity index (χ0) is 18.4. The molecular weight excluding hydrogens is 326 g/mol. The lowest BCUT2D eigenvalue weighted by Gasteiger charge is -2.29. The molecule has 0 aromatic heterocycles. The fourth-order valence-corrected chi connectivity index (χ4v) is 3.58. The molecule has 1 saturated heterocycles. The van der Waals surface area contributed by atoms with Gasteiger partial charge in [0.2, 0.25) is 0 Å². The van der Waals surface area contributed by atoms with Gasteiger partial charge < -0.3 is 19.9 Å². The molecule has 0 atom stereocenters. The number of hydrogen-bond acceptors (Lipinski definition) is 2. The van der Waals surface area contributed by atoms with E-state index >= 15 is 0 Å². The zero-order valence-electron chi connectivity index (χ0n) is 15.7. The Kier molecular flexibility index (Phi) is 6.26. The van der Waals surface area contributed by atoms with Gasteiger partial charge in [-0.25, -0.2) is 0 Å². The average molecular weight is 355 g/mol. The second kappa shape index (κ2) is 8.83. The third-order valence-corrected chi connectivity index (χ3v) is 5.01. The summed E-state index contributed by atoms with van der Waals surface area (Å²) in [5, 5.41) is 2.98. The number of methoxy groups -OCH3 is 1. The van der Waals surface area contributed by atoms with Crippen LogP contribution in [0, 0.1) is 6.92 Å². The Morgan fingerprint density at radius 1 is 1.04 bits per heavy atom. The van der Waals surface area contributed by atoms with Gasteiger partial charge in [-0.3, -0.25) is 4.79 Å². The van der Waals surface area contributed by atoms with Gasteiger partial charge in [0.1, 0.15) is 38.5 Å². The number of rotatable bonds is 6. The van der Waals surface area contributed by atoms with Crippen molar-refractivity contribution in [2.24, 2.45) is 0 Å². The van der Waals surface area contributed by atoms with Crippen molar-refractivity contribution in [2.75, 3.05) is 45.2 Å². The molecule has 0 unspecified atom stereocenters. The Labute approximate surface area is 155 Å². The standard InChI is InChI=1S/C21H27N3O2/c1-17-8-9-20(26-2)18(14-17)15-23-10-12-24(13-11-23)16-21(25)22-19-6-4-3-5-7-19/h3-9,14H,10-13,15-16H2,1-2H3,(H,22,25)/p+2. The predicted molar refractivity (Wildman–Crippen MR) is 103 cm³/mol. The van der Waals surface area contributed by atoms with Gasteiger partial charge in [0, 0.05) is 11.3 Å². The molecule has 3 rings (SSSR count). The minimum absolute atomic E-state index is 0.0926. The van der Waals surface area contributed by atoms with Gasteiger partial charge in [0.05, 0.1) is 7.11 Å². The first-order chi connectivity index (χ1) is 12.6. The van der Waals surface area contributed by atoms with E-state index in [0.717, 1.165) is 44.2 Å². The van der Waals surface area contributed by atoms with E-state index in [1.54, 1.807) is 12.0 Å². The summed E-state index contributed by atoms with van der Waals surface area (Å²) in [7, 11) is 1.73. The number of carbonyl (C=O) groups is 1. The van der Waals surface area contributed by atoms with Crippen molar-refractivity contribution in [3.8, 4) is 5.75 Å². The number of ether oxygens (including phenoxy) is 1. The summed E-state index contributed by atoms with van der Waals surface area (Å²) in [6.45, 7) is 7.82. The second-order valence-electron chi connectivity index (χ2n) is 7.08. The van der Waals surface area contributed by atoms with Crippen molar-refractivity contribution >= 4 is 11.6 Å². The van der Waals surface area contributed by atoms with E-state index in [0.29, 0.717) is 6.54 Å². The van der Waals surface area contributed by atoms with E-state index in [1.165, 1.54) is 16.0 Å². The minimum Gasteiger partial charge on any atom is -0.496 e. The van der Waals surface area contributed by atoms with Gasteiger partial charge in [0.25, 0.3) is 5.91 Å². The van der Waals surface area contributed by atoms with E-state index in [9.17, 15) is 4.79 Å². The molecule has 0 spiro atoms. The molecule has 26 heavy (non-hydrogen) atoms. The molecule has 1 amide bonds. The highest BCUT2D eigenvalue weighted by Gasteiger charge is 2.25. The van der Waals surface area contributed by atoms with Crippen LogP contribution in [0.25, 0.3) is 0 Å². The van der Waals surface area contributed by atoms with E-state index in [4.69, 9.17) is 4.74 Å². The molecule has 0 saturated carbocycles. The number of carbonyl (C=O) groups excluding carboxylic acids is 1. The number of hydrogen-bond donors (Lipinski definition) is 3. The molecule has 0 radical (unpaired) electrons. The van der Waals surface area contributed by atoms with E-state index in [2.05, 4.69) is 30.4 Å². The summed E-state index contributed by atoms with van der Waals surface area (Å²) >= 11 is 0. The molecule has 1 heterocycles. The molecule has 0 bridgehead atoms. The Balaban J connectivity index is 1.47. The highest BCUT2D eigenvalue weighted by Crippen LogP contribution is 2.18. The molecule has 138 valence electrons. The van der Waals surface area contributed by atoms with Crippen molar-refractivity contribution in [3.63, 3.8) is 0 Å². The fourth-order valence-electron chi connectivity index (χ4n) is 3.58. The van der Waals surface area contributed by atoms with Crippen LogP contribution in [0.15, 0.2) is 48.5 Å². The van der Waals surface area contributed by atoms with Gasteiger partial charge in [0.15, 0.2) is 6.54 Å². The van der Waals surface area contributed by atoms with E-state index in [1.807, 2.05) is 30.3 Å². The average Bonchev–Trinajstić information content (AvgIpc) is 2.64. The van der Waals surface area contributed by atoms with Gasteiger partial charge in [-0.2, -0.15) is 0 Å². The first-order valence-corrected chi connectivity index (χ1v) is 9.29. The third kappa shape index (κ3) is 5.07. The largest absolute Gasteiger partial charge is 0.496 e.